The van der Waals surface area contributed by atoms with Crippen LogP contribution in [-0.4, -0.2) is 29.5 Å². The van der Waals surface area contributed by atoms with Gasteiger partial charge in [0.05, 0.1) is 18.0 Å². The highest BCUT2D eigenvalue weighted by atomic mass is 16.5. The first kappa shape index (κ1) is 14.1. The van der Waals surface area contributed by atoms with E-state index in [1.165, 1.54) is 28.3 Å². The summed E-state index contributed by atoms with van der Waals surface area (Å²) in [6.45, 7) is 6.73. The van der Waals surface area contributed by atoms with Gasteiger partial charge < -0.3 is 10.1 Å². The fourth-order valence-electron chi connectivity index (χ4n) is 2.95. The van der Waals surface area contributed by atoms with Crippen molar-refractivity contribution >= 4 is 5.82 Å². The number of nitrogens with zero attached hydrogens (tertiary/aromatic N) is 2. The predicted molar refractivity (Wildman–Crippen MR) is 85.3 cm³/mol. The minimum absolute atomic E-state index is 0.745. The van der Waals surface area contributed by atoms with Gasteiger partial charge in [-0.1, -0.05) is 25.1 Å². The van der Waals surface area contributed by atoms with Crippen LogP contribution in [0.5, 0.6) is 0 Å². The van der Waals surface area contributed by atoms with E-state index >= 15 is 0 Å². The third-order valence-corrected chi connectivity index (χ3v) is 4.02. The first-order chi connectivity index (χ1) is 10.3. The highest BCUT2D eigenvalue weighted by Gasteiger charge is 2.23. The molecule has 2 aromatic rings. The monoisotopic (exact) mass is 285 g/mol. The smallest absolute Gasteiger partial charge is 0.133 e. The highest BCUT2D eigenvalue weighted by molar-refractivity contribution is 5.58. The number of anilines is 1. The Morgan fingerprint density at radius 2 is 2.14 bits per heavy atom. The third-order valence-electron chi connectivity index (χ3n) is 4.02. The Labute approximate surface area is 126 Å². The molecule has 1 aromatic heterocycles. The summed E-state index contributed by atoms with van der Waals surface area (Å²) in [7, 11) is 0. The van der Waals surface area contributed by atoms with Gasteiger partial charge in [0.15, 0.2) is 0 Å². The van der Waals surface area contributed by atoms with Crippen LogP contribution in [0.25, 0.3) is 5.69 Å². The number of nitrogens with one attached hydrogen (secondary N) is 1. The summed E-state index contributed by atoms with van der Waals surface area (Å²) in [6.07, 6.45) is 2.96. The molecular weight excluding hydrogens is 262 g/mol. The van der Waals surface area contributed by atoms with E-state index in [4.69, 9.17) is 9.84 Å². The van der Waals surface area contributed by atoms with Gasteiger partial charge in [0, 0.05) is 25.1 Å². The van der Waals surface area contributed by atoms with Crippen LogP contribution in [0.15, 0.2) is 24.3 Å². The number of hydrogen-bond acceptors (Lipinski definition) is 3. The maximum Gasteiger partial charge on any atom is 0.133 e. The van der Waals surface area contributed by atoms with Crippen LogP contribution < -0.4 is 5.32 Å². The number of aryl methyl sites for hydroxylation is 1. The lowest BCUT2D eigenvalue weighted by Crippen LogP contribution is -2.08. The third kappa shape index (κ3) is 2.68. The lowest BCUT2D eigenvalue weighted by Gasteiger charge is -2.10. The molecule has 0 spiro atoms. The van der Waals surface area contributed by atoms with Gasteiger partial charge in [-0.05, 0) is 31.4 Å². The summed E-state index contributed by atoms with van der Waals surface area (Å²) in [5.41, 5.74) is 5.05. The van der Waals surface area contributed by atoms with Crippen LogP contribution in [0.3, 0.4) is 0 Å². The van der Waals surface area contributed by atoms with Gasteiger partial charge in [-0.15, -0.1) is 0 Å². The number of para-hydroxylation sites is 1. The Morgan fingerprint density at radius 3 is 2.95 bits per heavy atom. The molecule has 0 amide bonds. The number of ether oxygens (including phenoxy) is 1. The molecule has 1 N–H and O–H groups in total. The second-order valence-electron chi connectivity index (χ2n) is 5.29. The number of fused-ring (bicyclic) bond motifs is 1. The Bertz CT molecular complexity index is 618. The lowest BCUT2D eigenvalue weighted by molar-refractivity contribution is 0.150. The summed E-state index contributed by atoms with van der Waals surface area (Å²) in [4.78, 5) is 0. The van der Waals surface area contributed by atoms with Gasteiger partial charge >= 0.3 is 0 Å². The zero-order valence-corrected chi connectivity index (χ0v) is 12.9. The van der Waals surface area contributed by atoms with E-state index in [-0.39, 0.29) is 0 Å². The van der Waals surface area contributed by atoms with Crippen molar-refractivity contribution in [2.75, 3.05) is 25.1 Å². The highest BCUT2D eigenvalue weighted by Crippen LogP contribution is 2.30. The fourth-order valence-corrected chi connectivity index (χ4v) is 2.95. The largest absolute Gasteiger partial charge is 0.381 e. The summed E-state index contributed by atoms with van der Waals surface area (Å²) in [6, 6.07) is 8.50. The van der Waals surface area contributed by atoms with Crippen LogP contribution in [0.4, 0.5) is 5.82 Å². The van der Waals surface area contributed by atoms with Gasteiger partial charge in [0.1, 0.15) is 5.82 Å². The van der Waals surface area contributed by atoms with Gasteiger partial charge in [0.2, 0.25) is 0 Å². The molecule has 0 saturated carbocycles. The number of aromatic nitrogens is 2. The molecule has 4 nitrogen and oxygen atoms in total. The molecule has 1 aliphatic heterocycles. The van der Waals surface area contributed by atoms with Crippen molar-refractivity contribution in [2.45, 2.75) is 33.1 Å². The average molecular weight is 285 g/mol. The van der Waals surface area contributed by atoms with E-state index < -0.39 is 0 Å². The fraction of sp³-hybridized carbons (Fsp3) is 0.471. The second kappa shape index (κ2) is 6.31. The summed E-state index contributed by atoms with van der Waals surface area (Å²) in [5, 5.41) is 8.35. The van der Waals surface area contributed by atoms with Gasteiger partial charge in [-0.3, -0.25) is 0 Å². The number of hydrogen-bond donors (Lipinski definition) is 1. The molecule has 4 heteroatoms. The molecule has 0 saturated heterocycles. The first-order valence-corrected chi connectivity index (χ1v) is 7.85. The molecule has 112 valence electrons. The predicted octanol–water partition coefficient (Wildman–Crippen LogP) is 2.98. The topological polar surface area (TPSA) is 39.1 Å². The molecule has 0 aliphatic carbocycles. The standard InChI is InChI=1S/C17H23N3O/c1-3-13-7-5-6-8-16(13)20-17-14(9-11-18-17)15(19-20)10-12-21-4-2/h5-8,18H,3-4,9-12H2,1-2H3. The summed E-state index contributed by atoms with van der Waals surface area (Å²) < 4.78 is 7.57. The molecule has 3 rings (SSSR count). The maximum atomic E-state index is 5.49. The zero-order chi connectivity index (χ0) is 14.7. The molecule has 21 heavy (non-hydrogen) atoms. The van der Waals surface area contributed by atoms with Gasteiger partial charge in [-0.2, -0.15) is 5.10 Å². The molecule has 1 aliphatic rings. The molecule has 2 heterocycles. The number of benzene rings is 1. The van der Waals surface area contributed by atoms with Gasteiger partial charge in [0.25, 0.3) is 0 Å². The molecule has 0 fully saturated rings. The van der Waals surface area contributed by atoms with E-state index in [1.807, 2.05) is 6.92 Å². The van der Waals surface area contributed by atoms with E-state index in [9.17, 15) is 0 Å². The summed E-state index contributed by atoms with van der Waals surface area (Å²) >= 11 is 0. The minimum Gasteiger partial charge on any atom is -0.381 e. The molecule has 0 bridgehead atoms. The van der Waals surface area contributed by atoms with E-state index in [1.54, 1.807) is 0 Å². The van der Waals surface area contributed by atoms with E-state index in [2.05, 4.69) is 41.2 Å². The van der Waals surface area contributed by atoms with E-state index in [0.717, 1.165) is 39.0 Å². The normalized spacial score (nSPS) is 13.2. The van der Waals surface area contributed by atoms with Crippen molar-refractivity contribution < 1.29 is 4.74 Å². The summed E-state index contributed by atoms with van der Waals surface area (Å²) in [5.74, 6) is 1.17. The van der Waals surface area contributed by atoms with Gasteiger partial charge in [-0.25, -0.2) is 4.68 Å². The number of rotatable bonds is 6. The molecule has 0 atom stereocenters. The quantitative estimate of drug-likeness (QED) is 0.829. The van der Waals surface area contributed by atoms with Crippen LogP contribution in [0.2, 0.25) is 0 Å². The van der Waals surface area contributed by atoms with Crippen molar-refractivity contribution in [1.82, 2.24) is 9.78 Å². The zero-order valence-electron chi connectivity index (χ0n) is 12.9. The van der Waals surface area contributed by atoms with Crippen LogP contribution >= 0.6 is 0 Å². The minimum atomic E-state index is 0.745. The Kier molecular flexibility index (Phi) is 4.25. The van der Waals surface area contributed by atoms with Crippen LogP contribution in [-0.2, 0) is 24.0 Å². The first-order valence-electron chi connectivity index (χ1n) is 7.85. The van der Waals surface area contributed by atoms with Crippen molar-refractivity contribution in [3.05, 3.63) is 41.1 Å². The average Bonchev–Trinajstić information content (AvgIpc) is 3.11. The lowest BCUT2D eigenvalue weighted by atomic mass is 10.1. The Balaban J connectivity index is 1.97. The molecular formula is C17H23N3O. The van der Waals surface area contributed by atoms with E-state index in [0.29, 0.717) is 0 Å². The van der Waals surface area contributed by atoms with Crippen molar-refractivity contribution in [3.8, 4) is 5.69 Å². The van der Waals surface area contributed by atoms with Crippen molar-refractivity contribution in [1.29, 1.82) is 0 Å². The van der Waals surface area contributed by atoms with Crippen LogP contribution in [0, 0.1) is 0 Å². The Hall–Kier alpha value is -1.81. The maximum absolute atomic E-state index is 5.49. The molecule has 0 unspecified atom stereocenters. The molecule has 1 aromatic carbocycles. The SMILES string of the molecule is CCOCCc1nn(-c2ccccc2CC)c2c1CCN2. The van der Waals surface area contributed by atoms with Crippen LogP contribution in [0.1, 0.15) is 30.7 Å². The Morgan fingerprint density at radius 1 is 1.29 bits per heavy atom. The molecule has 0 radical (unpaired) electrons. The van der Waals surface area contributed by atoms with Crippen molar-refractivity contribution in [3.63, 3.8) is 0 Å². The van der Waals surface area contributed by atoms with Crippen molar-refractivity contribution in [2.24, 2.45) is 0 Å². The second-order valence-corrected chi connectivity index (χ2v) is 5.29.